The third kappa shape index (κ3) is 5.82. The van der Waals surface area contributed by atoms with Crippen LogP contribution >= 0.6 is 0 Å². The summed E-state index contributed by atoms with van der Waals surface area (Å²) in [7, 11) is -3.46. The number of carbonyl (C=O) groups excluding carboxylic acids is 1. The number of rotatable bonds is 7. The van der Waals surface area contributed by atoms with Crippen molar-refractivity contribution in [2.45, 2.75) is 40.3 Å². The highest BCUT2D eigenvalue weighted by Crippen LogP contribution is 2.21. The summed E-state index contributed by atoms with van der Waals surface area (Å²) in [5.74, 6) is 0.177. The van der Waals surface area contributed by atoms with Crippen LogP contribution in [0.25, 0.3) is 0 Å². The summed E-state index contributed by atoms with van der Waals surface area (Å²) in [6.45, 7) is 8.28. The van der Waals surface area contributed by atoms with Crippen molar-refractivity contribution < 1.29 is 13.2 Å². The zero-order chi connectivity index (χ0) is 20.2. The Balaban J connectivity index is 2.22. The number of hydrogen-bond acceptors (Lipinski definition) is 3. The van der Waals surface area contributed by atoms with Crippen LogP contribution in [0.1, 0.15) is 42.3 Å². The van der Waals surface area contributed by atoms with Gasteiger partial charge in [0.25, 0.3) is 5.91 Å². The standard InChI is InChI=1S/C21H28N2O3S/c1-15(2)17(4)22-21(24)19-10-12-20(13-11-19)23(27(5,25)26)14-18-8-6-16(3)7-9-18/h6-13,15,17H,14H2,1-5H3,(H,22,24)/t17-/m1/s1. The second-order valence-corrected chi connectivity index (χ2v) is 9.22. The monoisotopic (exact) mass is 388 g/mol. The van der Waals surface area contributed by atoms with E-state index in [0.29, 0.717) is 17.2 Å². The van der Waals surface area contributed by atoms with E-state index in [4.69, 9.17) is 0 Å². The smallest absolute Gasteiger partial charge is 0.251 e. The SMILES string of the molecule is Cc1ccc(CN(c2ccc(C(=O)N[C@H](C)C(C)C)cc2)S(C)(=O)=O)cc1. The predicted octanol–water partition coefficient (Wildman–Crippen LogP) is 3.74. The third-order valence-corrected chi connectivity index (χ3v) is 5.76. The Bertz CT molecular complexity index is 873. The molecule has 1 amide bonds. The lowest BCUT2D eigenvalue weighted by Crippen LogP contribution is -2.36. The zero-order valence-electron chi connectivity index (χ0n) is 16.6. The quantitative estimate of drug-likeness (QED) is 0.786. The first-order chi connectivity index (χ1) is 12.6. The van der Waals surface area contributed by atoms with Gasteiger partial charge in [0, 0.05) is 11.6 Å². The number of sulfonamides is 1. The van der Waals surface area contributed by atoms with Crippen LogP contribution < -0.4 is 9.62 Å². The molecular weight excluding hydrogens is 360 g/mol. The van der Waals surface area contributed by atoms with Gasteiger partial charge in [-0.1, -0.05) is 43.7 Å². The lowest BCUT2D eigenvalue weighted by Gasteiger charge is -2.23. The molecule has 0 heterocycles. The average molecular weight is 389 g/mol. The Morgan fingerprint density at radius 3 is 2.04 bits per heavy atom. The van der Waals surface area contributed by atoms with E-state index >= 15 is 0 Å². The molecule has 0 bridgehead atoms. The highest BCUT2D eigenvalue weighted by atomic mass is 32.2. The molecule has 0 saturated heterocycles. The molecule has 0 saturated carbocycles. The summed E-state index contributed by atoms with van der Waals surface area (Å²) in [6, 6.07) is 14.5. The number of anilines is 1. The largest absolute Gasteiger partial charge is 0.349 e. The molecule has 0 fully saturated rings. The summed E-state index contributed by atoms with van der Waals surface area (Å²) in [5, 5.41) is 2.95. The van der Waals surface area contributed by atoms with Crippen molar-refractivity contribution >= 4 is 21.6 Å². The van der Waals surface area contributed by atoms with E-state index in [1.165, 1.54) is 10.6 Å². The Labute approximate surface area is 162 Å². The molecule has 27 heavy (non-hydrogen) atoms. The van der Waals surface area contributed by atoms with Gasteiger partial charge in [-0.15, -0.1) is 0 Å². The fourth-order valence-electron chi connectivity index (χ4n) is 2.50. The maximum Gasteiger partial charge on any atom is 0.251 e. The van der Waals surface area contributed by atoms with Crippen molar-refractivity contribution in [2.75, 3.05) is 10.6 Å². The third-order valence-electron chi connectivity index (χ3n) is 4.62. The van der Waals surface area contributed by atoms with Gasteiger partial charge in [-0.05, 0) is 49.6 Å². The molecular formula is C21H28N2O3S. The van der Waals surface area contributed by atoms with Crippen LogP contribution in [0, 0.1) is 12.8 Å². The van der Waals surface area contributed by atoms with Crippen LogP contribution in [0.5, 0.6) is 0 Å². The molecule has 0 radical (unpaired) electrons. The van der Waals surface area contributed by atoms with E-state index in [0.717, 1.165) is 11.1 Å². The van der Waals surface area contributed by atoms with Crippen molar-refractivity contribution in [1.29, 1.82) is 0 Å². The molecule has 146 valence electrons. The summed E-state index contributed by atoms with van der Waals surface area (Å²) in [6.07, 6.45) is 1.19. The molecule has 0 aromatic heterocycles. The first kappa shape index (κ1) is 21.0. The van der Waals surface area contributed by atoms with E-state index in [2.05, 4.69) is 5.32 Å². The normalized spacial score (nSPS) is 12.7. The van der Waals surface area contributed by atoms with Crippen LogP contribution in [0.3, 0.4) is 0 Å². The average Bonchev–Trinajstić information content (AvgIpc) is 2.60. The molecule has 0 spiro atoms. The number of amides is 1. The van der Waals surface area contributed by atoms with Crippen LogP contribution in [0.2, 0.25) is 0 Å². The minimum absolute atomic E-state index is 0.0613. The fourth-order valence-corrected chi connectivity index (χ4v) is 3.38. The number of aryl methyl sites for hydroxylation is 1. The van der Waals surface area contributed by atoms with Gasteiger partial charge < -0.3 is 5.32 Å². The van der Waals surface area contributed by atoms with E-state index in [1.807, 2.05) is 52.0 Å². The fraction of sp³-hybridized carbons (Fsp3) is 0.381. The highest BCUT2D eigenvalue weighted by molar-refractivity contribution is 7.92. The highest BCUT2D eigenvalue weighted by Gasteiger charge is 2.19. The number of nitrogens with one attached hydrogen (secondary N) is 1. The first-order valence-corrected chi connectivity index (χ1v) is 10.9. The number of carbonyl (C=O) groups is 1. The van der Waals surface area contributed by atoms with Crippen LogP contribution in [0.4, 0.5) is 5.69 Å². The Hall–Kier alpha value is -2.34. The molecule has 2 aromatic carbocycles. The van der Waals surface area contributed by atoms with Crippen molar-refractivity contribution in [3.05, 3.63) is 65.2 Å². The van der Waals surface area contributed by atoms with Crippen LogP contribution in [-0.4, -0.2) is 26.6 Å². The van der Waals surface area contributed by atoms with E-state index in [1.54, 1.807) is 24.3 Å². The Morgan fingerprint density at radius 2 is 1.56 bits per heavy atom. The topological polar surface area (TPSA) is 66.5 Å². The minimum atomic E-state index is -3.46. The van der Waals surface area contributed by atoms with Crippen molar-refractivity contribution in [3.63, 3.8) is 0 Å². The summed E-state index contributed by atoms with van der Waals surface area (Å²) in [4.78, 5) is 12.3. The van der Waals surface area contributed by atoms with Gasteiger partial charge in [0.05, 0.1) is 18.5 Å². The zero-order valence-corrected chi connectivity index (χ0v) is 17.4. The molecule has 1 N–H and O–H groups in total. The number of benzene rings is 2. The van der Waals surface area contributed by atoms with Crippen LogP contribution in [0.15, 0.2) is 48.5 Å². The van der Waals surface area contributed by atoms with Gasteiger partial charge in [-0.2, -0.15) is 0 Å². The maximum atomic E-state index is 12.3. The van der Waals surface area contributed by atoms with Gasteiger partial charge in [0.2, 0.25) is 10.0 Å². The molecule has 6 heteroatoms. The molecule has 1 atom stereocenters. The minimum Gasteiger partial charge on any atom is -0.349 e. The summed E-state index contributed by atoms with van der Waals surface area (Å²) >= 11 is 0. The first-order valence-electron chi connectivity index (χ1n) is 9.02. The molecule has 2 rings (SSSR count). The predicted molar refractivity (Wildman–Crippen MR) is 110 cm³/mol. The second kappa shape index (κ2) is 8.57. The Kier molecular flexibility index (Phi) is 6.65. The van der Waals surface area contributed by atoms with Gasteiger partial charge in [-0.25, -0.2) is 8.42 Å². The van der Waals surface area contributed by atoms with Gasteiger partial charge >= 0.3 is 0 Å². The van der Waals surface area contributed by atoms with Crippen LogP contribution in [-0.2, 0) is 16.6 Å². The molecule has 0 aliphatic heterocycles. The van der Waals surface area contributed by atoms with E-state index in [9.17, 15) is 13.2 Å². The number of nitrogens with zero attached hydrogens (tertiary/aromatic N) is 1. The van der Waals surface area contributed by atoms with Crippen molar-refractivity contribution in [3.8, 4) is 0 Å². The second-order valence-electron chi connectivity index (χ2n) is 7.31. The Morgan fingerprint density at radius 1 is 1.00 bits per heavy atom. The summed E-state index contributed by atoms with van der Waals surface area (Å²) < 4.78 is 25.9. The molecule has 0 aliphatic rings. The molecule has 0 unspecified atom stereocenters. The number of hydrogen-bond donors (Lipinski definition) is 1. The lowest BCUT2D eigenvalue weighted by atomic mass is 10.1. The maximum absolute atomic E-state index is 12.3. The molecule has 0 aliphatic carbocycles. The molecule has 5 nitrogen and oxygen atoms in total. The van der Waals surface area contributed by atoms with E-state index < -0.39 is 10.0 Å². The van der Waals surface area contributed by atoms with Gasteiger partial charge in [0.15, 0.2) is 0 Å². The summed E-state index contributed by atoms with van der Waals surface area (Å²) in [5.41, 5.74) is 3.07. The van der Waals surface area contributed by atoms with Crippen molar-refractivity contribution in [1.82, 2.24) is 5.32 Å². The van der Waals surface area contributed by atoms with Gasteiger partial charge in [0.1, 0.15) is 0 Å². The van der Waals surface area contributed by atoms with Crippen molar-refractivity contribution in [2.24, 2.45) is 5.92 Å². The van der Waals surface area contributed by atoms with Gasteiger partial charge in [-0.3, -0.25) is 9.10 Å². The molecule has 2 aromatic rings. The van der Waals surface area contributed by atoms with E-state index in [-0.39, 0.29) is 18.5 Å². The lowest BCUT2D eigenvalue weighted by molar-refractivity contribution is 0.0930.